The van der Waals surface area contributed by atoms with E-state index in [0.29, 0.717) is 10.2 Å². The normalized spacial score (nSPS) is 10.1. The van der Waals surface area contributed by atoms with Crippen molar-refractivity contribution in [3.05, 3.63) is 63.0 Å². The highest BCUT2D eigenvalue weighted by Gasteiger charge is 2.14. The van der Waals surface area contributed by atoms with Gasteiger partial charge in [-0.15, -0.1) is 0 Å². The van der Waals surface area contributed by atoms with Gasteiger partial charge in [-0.1, -0.05) is 18.2 Å². The highest BCUT2D eigenvalue weighted by Crippen LogP contribution is 2.21. The standard InChI is InChI=1S/C14H11BrN2O4/c15-9-4-1-2-5-10(9)16-12(18)8-17-11(14(20)21)6-3-7-13(17)19/h1-7H,8H2,(H,16,18)(H,20,21). The first-order chi connectivity index (χ1) is 9.99. The molecular weight excluding hydrogens is 340 g/mol. The number of amides is 1. The lowest BCUT2D eigenvalue weighted by Crippen LogP contribution is -2.30. The summed E-state index contributed by atoms with van der Waals surface area (Å²) in [6, 6.07) is 10.8. The van der Waals surface area contributed by atoms with Gasteiger partial charge < -0.3 is 10.4 Å². The van der Waals surface area contributed by atoms with E-state index in [4.69, 9.17) is 5.11 Å². The quantitative estimate of drug-likeness (QED) is 0.881. The van der Waals surface area contributed by atoms with Crippen LogP contribution in [0.4, 0.5) is 5.69 Å². The Labute approximate surface area is 128 Å². The average Bonchev–Trinajstić information content (AvgIpc) is 2.43. The van der Waals surface area contributed by atoms with Gasteiger partial charge in [-0.05, 0) is 34.1 Å². The number of carboxylic acid groups (broad SMARTS) is 1. The van der Waals surface area contributed by atoms with Crippen LogP contribution in [0.2, 0.25) is 0 Å². The van der Waals surface area contributed by atoms with Gasteiger partial charge in [-0.3, -0.25) is 14.2 Å². The molecule has 0 aliphatic heterocycles. The summed E-state index contributed by atoms with van der Waals surface area (Å²) in [4.78, 5) is 34.8. The second-order valence-corrected chi connectivity index (χ2v) is 5.02. The molecule has 0 fully saturated rings. The van der Waals surface area contributed by atoms with E-state index in [9.17, 15) is 14.4 Å². The van der Waals surface area contributed by atoms with Gasteiger partial charge in [0.2, 0.25) is 5.91 Å². The zero-order valence-electron chi connectivity index (χ0n) is 10.7. The van der Waals surface area contributed by atoms with Crippen LogP contribution in [0.15, 0.2) is 51.7 Å². The van der Waals surface area contributed by atoms with Crippen LogP contribution in [-0.4, -0.2) is 21.6 Å². The number of benzene rings is 1. The first kappa shape index (κ1) is 15.0. The number of para-hydroxylation sites is 1. The Morgan fingerprint density at radius 3 is 2.52 bits per heavy atom. The van der Waals surface area contributed by atoms with E-state index < -0.39 is 17.4 Å². The van der Waals surface area contributed by atoms with E-state index >= 15 is 0 Å². The third-order valence-corrected chi connectivity index (χ3v) is 3.41. The molecule has 0 unspecified atom stereocenters. The number of carbonyl (C=O) groups is 2. The van der Waals surface area contributed by atoms with E-state index in [1.165, 1.54) is 18.2 Å². The predicted octanol–water partition coefficient (Wildman–Crippen LogP) is 1.95. The summed E-state index contributed by atoms with van der Waals surface area (Å²) >= 11 is 3.28. The second kappa shape index (κ2) is 6.36. The Kier molecular flexibility index (Phi) is 4.54. The van der Waals surface area contributed by atoms with Crippen LogP contribution in [-0.2, 0) is 11.3 Å². The molecule has 0 saturated carbocycles. The van der Waals surface area contributed by atoms with Crippen LogP contribution in [0.1, 0.15) is 10.5 Å². The first-order valence-electron chi connectivity index (χ1n) is 5.96. The molecule has 0 bridgehead atoms. The van der Waals surface area contributed by atoms with Crippen molar-refractivity contribution in [1.29, 1.82) is 0 Å². The maximum atomic E-state index is 12.0. The van der Waals surface area contributed by atoms with E-state index in [2.05, 4.69) is 21.2 Å². The largest absolute Gasteiger partial charge is 0.477 e. The molecule has 7 heteroatoms. The van der Waals surface area contributed by atoms with Crippen molar-refractivity contribution in [2.45, 2.75) is 6.54 Å². The smallest absolute Gasteiger partial charge is 0.352 e. The van der Waals surface area contributed by atoms with Crippen LogP contribution in [0.3, 0.4) is 0 Å². The van der Waals surface area contributed by atoms with Gasteiger partial charge in [0.1, 0.15) is 12.2 Å². The molecule has 2 N–H and O–H groups in total. The van der Waals surface area contributed by atoms with Gasteiger partial charge in [0.15, 0.2) is 0 Å². The number of aromatic carboxylic acids is 1. The third-order valence-electron chi connectivity index (χ3n) is 2.72. The van der Waals surface area contributed by atoms with Crippen molar-refractivity contribution < 1.29 is 14.7 Å². The summed E-state index contributed by atoms with van der Waals surface area (Å²) in [6.45, 7) is -0.372. The lowest BCUT2D eigenvalue weighted by molar-refractivity contribution is -0.116. The Morgan fingerprint density at radius 2 is 1.86 bits per heavy atom. The van der Waals surface area contributed by atoms with E-state index in [1.807, 2.05) is 0 Å². The molecule has 0 radical (unpaired) electrons. The van der Waals surface area contributed by atoms with Crippen molar-refractivity contribution in [1.82, 2.24) is 4.57 Å². The topological polar surface area (TPSA) is 88.4 Å². The number of hydrogen-bond donors (Lipinski definition) is 2. The number of aromatic nitrogens is 1. The minimum atomic E-state index is -1.26. The van der Waals surface area contributed by atoms with Crippen molar-refractivity contribution in [2.75, 3.05) is 5.32 Å². The Morgan fingerprint density at radius 1 is 1.14 bits per heavy atom. The summed E-state index contributed by atoms with van der Waals surface area (Å²) in [5.41, 5.74) is -0.231. The fourth-order valence-corrected chi connectivity index (χ4v) is 2.15. The molecular formula is C14H11BrN2O4. The van der Waals surface area contributed by atoms with Crippen LogP contribution in [0, 0.1) is 0 Å². The summed E-state index contributed by atoms with van der Waals surface area (Å²) in [7, 11) is 0. The van der Waals surface area contributed by atoms with Crippen LogP contribution < -0.4 is 10.9 Å². The van der Waals surface area contributed by atoms with E-state index in [0.717, 1.165) is 4.57 Å². The average molecular weight is 351 g/mol. The van der Waals surface area contributed by atoms with Gasteiger partial charge in [0.25, 0.3) is 5.56 Å². The number of pyridine rings is 1. The van der Waals surface area contributed by atoms with E-state index in [-0.39, 0.29) is 12.2 Å². The van der Waals surface area contributed by atoms with Crippen molar-refractivity contribution >= 4 is 33.5 Å². The van der Waals surface area contributed by atoms with Gasteiger partial charge in [0, 0.05) is 10.5 Å². The molecule has 2 aromatic rings. The number of anilines is 1. The molecule has 0 aliphatic carbocycles. The summed E-state index contributed by atoms with van der Waals surface area (Å²) < 4.78 is 1.60. The molecule has 0 atom stereocenters. The molecule has 1 aromatic carbocycles. The lowest BCUT2D eigenvalue weighted by Gasteiger charge is -2.10. The molecule has 21 heavy (non-hydrogen) atoms. The lowest BCUT2D eigenvalue weighted by atomic mass is 10.3. The number of halogens is 1. The van der Waals surface area contributed by atoms with Gasteiger partial charge in [-0.25, -0.2) is 4.79 Å². The van der Waals surface area contributed by atoms with Crippen molar-refractivity contribution in [2.24, 2.45) is 0 Å². The number of carboxylic acids is 1. The number of rotatable bonds is 4. The number of nitrogens with zero attached hydrogens (tertiary/aromatic N) is 1. The Bertz CT molecular complexity index is 755. The van der Waals surface area contributed by atoms with Gasteiger partial charge in [0.05, 0.1) is 5.69 Å². The Hall–Kier alpha value is -2.41. The minimum absolute atomic E-state index is 0.232. The second-order valence-electron chi connectivity index (χ2n) is 4.17. The van der Waals surface area contributed by atoms with Gasteiger partial charge in [-0.2, -0.15) is 0 Å². The zero-order chi connectivity index (χ0) is 15.4. The monoisotopic (exact) mass is 350 g/mol. The van der Waals surface area contributed by atoms with Gasteiger partial charge >= 0.3 is 5.97 Å². The number of carbonyl (C=O) groups excluding carboxylic acids is 1. The molecule has 108 valence electrons. The van der Waals surface area contributed by atoms with Crippen LogP contribution >= 0.6 is 15.9 Å². The fraction of sp³-hybridized carbons (Fsp3) is 0.0714. The zero-order valence-corrected chi connectivity index (χ0v) is 12.3. The van der Waals surface area contributed by atoms with Crippen LogP contribution in [0.25, 0.3) is 0 Å². The molecule has 0 aliphatic rings. The van der Waals surface area contributed by atoms with Crippen LogP contribution in [0.5, 0.6) is 0 Å². The maximum absolute atomic E-state index is 12.0. The molecule has 2 rings (SSSR count). The Balaban J connectivity index is 2.23. The highest BCUT2D eigenvalue weighted by molar-refractivity contribution is 9.10. The third kappa shape index (κ3) is 3.57. The number of hydrogen-bond acceptors (Lipinski definition) is 3. The summed E-state index contributed by atoms with van der Waals surface area (Å²) in [5.74, 6) is -1.75. The maximum Gasteiger partial charge on any atom is 0.352 e. The number of nitrogens with one attached hydrogen (secondary N) is 1. The molecule has 1 aromatic heterocycles. The molecule has 0 spiro atoms. The summed E-state index contributed by atoms with van der Waals surface area (Å²) in [6.07, 6.45) is 0. The van der Waals surface area contributed by atoms with E-state index in [1.54, 1.807) is 24.3 Å². The SMILES string of the molecule is O=C(Cn1c(C(=O)O)cccc1=O)Nc1ccccc1Br. The van der Waals surface area contributed by atoms with Crippen molar-refractivity contribution in [3.63, 3.8) is 0 Å². The molecule has 1 amide bonds. The molecule has 1 heterocycles. The minimum Gasteiger partial charge on any atom is -0.477 e. The predicted molar refractivity (Wildman–Crippen MR) is 80.4 cm³/mol. The molecule has 6 nitrogen and oxygen atoms in total. The van der Waals surface area contributed by atoms with Crippen molar-refractivity contribution in [3.8, 4) is 0 Å². The fourth-order valence-electron chi connectivity index (χ4n) is 1.77. The highest BCUT2D eigenvalue weighted by atomic mass is 79.9. The summed E-state index contributed by atoms with van der Waals surface area (Å²) in [5, 5.41) is 11.7. The first-order valence-corrected chi connectivity index (χ1v) is 6.76. The molecule has 0 saturated heterocycles.